The van der Waals surface area contributed by atoms with Crippen molar-refractivity contribution in [3.05, 3.63) is 97.1 Å². The van der Waals surface area contributed by atoms with Crippen molar-refractivity contribution in [1.29, 1.82) is 0 Å². The first-order valence-electron chi connectivity index (χ1n) is 9.02. The molecule has 33 heavy (non-hydrogen) atoms. The third-order valence-electron chi connectivity index (χ3n) is 3.46. The summed E-state index contributed by atoms with van der Waals surface area (Å²) in [5, 5.41) is 0. The van der Waals surface area contributed by atoms with Crippen LogP contribution < -0.4 is 0 Å². The molecule has 0 saturated carbocycles. The molecule has 0 nitrogen and oxygen atoms in total. The molecular formula is C24H20S8Zr. The minimum Gasteiger partial charge on any atom is -0.779 e. The van der Waals surface area contributed by atoms with Crippen molar-refractivity contribution in [1.82, 2.24) is 0 Å². The Hall–Kier alpha value is 0.0431. The summed E-state index contributed by atoms with van der Waals surface area (Å²) in [6.45, 7) is 0. The molecule has 0 aliphatic carbocycles. The number of hydrogen-bond donors (Lipinski definition) is 4. The Morgan fingerprint density at radius 2 is 0.485 bits per heavy atom. The summed E-state index contributed by atoms with van der Waals surface area (Å²) in [4.78, 5) is 6.77. The van der Waals surface area contributed by atoms with Gasteiger partial charge in [0.15, 0.2) is 0 Å². The van der Waals surface area contributed by atoms with Crippen molar-refractivity contribution in [2.75, 3.05) is 0 Å². The van der Waals surface area contributed by atoms with Gasteiger partial charge in [0, 0.05) is 0 Å². The molecule has 0 aromatic heterocycles. The van der Waals surface area contributed by atoms with Gasteiger partial charge in [-0.05, 0) is 19.6 Å². The van der Waals surface area contributed by atoms with Crippen LogP contribution in [0.25, 0.3) is 0 Å². The molecule has 0 heterocycles. The Morgan fingerprint density at radius 1 is 0.333 bits per heavy atom. The van der Waals surface area contributed by atoms with E-state index < -0.39 is 0 Å². The van der Waals surface area contributed by atoms with Crippen LogP contribution in [0.3, 0.4) is 0 Å². The molecule has 0 N–H and O–H groups in total. The van der Waals surface area contributed by atoms with E-state index in [2.05, 4.69) is 50.5 Å². The second-order valence-corrected chi connectivity index (χ2v) is 9.56. The van der Waals surface area contributed by atoms with Crippen LogP contribution in [0.4, 0.5) is 0 Å². The van der Waals surface area contributed by atoms with Crippen molar-refractivity contribution >= 4 is 101 Å². The first-order valence-corrected chi connectivity index (χ1v) is 12.4. The molecule has 0 aliphatic heterocycles. The van der Waals surface area contributed by atoms with E-state index in [0.717, 1.165) is 39.2 Å². The molecule has 4 aromatic carbocycles. The predicted octanol–water partition coefficient (Wildman–Crippen LogP) is 7.52. The van der Waals surface area contributed by atoms with E-state index in [1.807, 2.05) is 97.1 Å². The van der Waals surface area contributed by atoms with Gasteiger partial charge in [-0.1, -0.05) is 97.1 Å². The van der Waals surface area contributed by atoms with Gasteiger partial charge in [0.05, 0.1) is 0 Å². The number of hydrogen-bond acceptors (Lipinski definition) is 8. The van der Waals surface area contributed by atoms with Crippen LogP contribution in [0.5, 0.6) is 0 Å². The fourth-order valence-electron chi connectivity index (χ4n) is 1.83. The smallest absolute Gasteiger partial charge is 0.779 e. The number of thiol groups is 4. The molecule has 0 saturated heterocycles. The van der Waals surface area contributed by atoms with Crippen LogP contribution in [-0.2, 0) is 76.7 Å². The van der Waals surface area contributed by atoms with Crippen LogP contribution in [0.15, 0.2) is 136 Å². The third kappa shape index (κ3) is 14.9. The van der Waals surface area contributed by atoms with Crippen LogP contribution in [-0.4, -0.2) is 0 Å². The second kappa shape index (κ2) is 19.3. The maximum absolute atomic E-state index is 4.88. The Balaban J connectivity index is 0.000000410. The largest absolute Gasteiger partial charge is 4.00 e. The Morgan fingerprint density at radius 3 is 0.576 bits per heavy atom. The summed E-state index contributed by atoms with van der Waals surface area (Å²) in [7, 11) is 0. The molecule has 9 heteroatoms. The molecule has 0 unspecified atom stereocenters. The SMILES string of the molecule is [S-]c1ccccc1S.[S-]c1ccccc1S.[S-]c1ccccc1S.[S-]c1ccccc1S.[Zr+4]. The summed E-state index contributed by atoms with van der Waals surface area (Å²) in [6.07, 6.45) is 0. The molecule has 0 aliphatic rings. The van der Waals surface area contributed by atoms with Gasteiger partial charge in [-0.3, -0.25) is 0 Å². The van der Waals surface area contributed by atoms with Gasteiger partial charge in [-0.25, -0.2) is 0 Å². The first kappa shape index (κ1) is 33.0. The topological polar surface area (TPSA) is 0 Å². The van der Waals surface area contributed by atoms with E-state index in [0.29, 0.717) is 0 Å². The summed E-state index contributed by atoms with van der Waals surface area (Å²) in [6, 6.07) is 30.2. The monoisotopic (exact) mass is 654 g/mol. The minimum absolute atomic E-state index is 0. The van der Waals surface area contributed by atoms with Crippen molar-refractivity contribution < 1.29 is 26.2 Å². The Labute approximate surface area is 260 Å². The van der Waals surface area contributed by atoms with Gasteiger partial charge in [0.1, 0.15) is 0 Å². The summed E-state index contributed by atoms with van der Waals surface area (Å²) in [5.41, 5.74) is 0. The molecule has 0 fully saturated rings. The van der Waals surface area contributed by atoms with Gasteiger partial charge in [-0.2, -0.15) is 19.6 Å². The van der Waals surface area contributed by atoms with E-state index in [1.54, 1.807) is 0 Å². The van der Waals surface area contributed by atoms with E-state index >= 15 is 0 Å². The van der Waals surface area contributed by atoms with E-state index in [9.17, 15) is 0 Å². The van der Waals surface area contributed by atoms with Gasteiger partial charge < -0.3 is 50.5 Å². The molecule has 0 amide bonds. The second-order valence-electron chi connectivity index (χ2n) is 5.87. The first-order chi connectivity index (χ1) is 15.2. The van der Waals surface area contributed by atoms with Crippen molar-refractivity contribution in [2.45, 2.75) is 39.2 Å². The normalized spacial score (nSPS) is 8.85. The molecule has 4 aromatic rings. The van der Waals surface area contributed by atoms with Crippen LogP contribution >= 0.6 is 50.5 Å². The Kier molecular flexibility index (Phi) is 19.3. The van der Waals surface area contributed by atoms with Crippen LogP contribution in [0.2, 0.25) is 0 Å². The average molecular weight is 656 g/mol. The molecule has 0 atom stereocenters. The maximum Gasteiger partial charge on any atom is 4.00 e. The van der Waals surface area contributed by atoms with Crippen molar-refractivity contribution in [2.24, 2.45) is 0 Å². The molecule has 168 valence electrons. The zero-order valence-corrected chi connectivity index (χ0v) is 26.5. The Bertz CT molecular complexity index is 831. The van der Waals surface area contributed by atoms with E-state index in [1.165, 1.54) is 0 Å². The van der Waals surface area contributed by atoms with Crippen molar-refractivity contribution in [3.8, 4) is 0 Å². The molecule has 0 radical (unpaired) electrons. The number of rotatable bonds is 0. The summed E-state index contributed by atoms with van der Waals surface area (Å²) in [5.74, 6) is 0. The standard InChI is InChI=1S/4C6H6S2.Zr/c4*7-5-3-1-2-4-6(5)8;/h4*1-4,7-8H;/q;;;;+4/p-4. The van der Waals surface area contributed by atoms with Gasteiger partial charge in [0.2, 0.25) is 0 Å². The fourth-order valence-corrected chi connectivity index (χ4v) is 3.06. The van der Waals surface area contributed by atoms with Crippen LogP contribution in [0.1, 0.15) is 0 Å². The third-order valence-corrected chi connectivity index (χ3v) is 7.05. The molecule has 0 spiro atoms. The molecule has 0 bridgehead atoms. The summed E-state index contributed by atoms with van der Waals surface area (Å²) < 4.78 is 0. The zero-order chi connectivity index (χ0) is 23.9. The van der Waals surface area contributed by atoms with Gasteiger partial charge in [-0.15, -0.1) is 50.5 Å². The summed E-state index contributed by atoms with van der Waals surface area (Å²) >= 11 is 35.9. The van der Waals surface area contributed by atoms with Gasteiger partial charge in [0.25, 0.3) is 0 Å². The number of benzene rings is 4. The van der Waals surface area contributed by atoms with E-state index in [-0.39, 0.29) is 26.2 Å². The fraction of sp³-hybridized carbons (Fsp3) is 0. The van der Waals surface area contributed by atoms with Gasteiger partial charge >= 0.3 is 26.2 Å². The quantitative estimate of drug-likeness (QED) is 0.114. The predicted molar refractivity (Wildman–Crippen MR) is 157 cm³/mol. The zero-order valence-electron chi connectivity index (χ0n) is 17.2. The van der Waals surface area contributed by atoms with Crippen LogP contribution in [0, 0.1) is 0 Å². The average Bonchev–Trinajstić information content (AvgIpc) is 2.78. The minimum atomic E-state index is 0. The van der Waals surface area contributed by atoms with Crippen molar-refractivity contribution in [3.63, 3.8) is 0 Å². The van der Waals surface area contributed by atoms with E-state index in [4.69, 9.17) is 50.5 Å². The maximum atomic E-state index is 4.88. The molecule has 4 rings (SSSR count). The molecular weight excluding hydrogens is 636 g/mol.